The second kappa shape index (κ2) is 7.89. The van der Waals surface area contributed by atoms with E-state index in [1.165, 1.54) is 6.26 Å². The molecule has 1 aliphatic heterocycles. The first-order valence-electron chi connectivity index (χ1n) is 9.76. The van der Waals surface area contributed by atoms with Crippen LogP contribution in [-0.2, 0) is 11.3 Å². The van der Waals surface area contributed by atoms with Crippen molar-refractivity contribution in [2.24, 2.45) is 0 Å². The maximum Gasteiger partial charge on any atom is 0.257 e. The number of nitrogens with zero attached hydrogens (tertiary/aromatic N) is 2. The Bertz CT molecular complexity index is 980. The molecule has 2 amide bonds. The predicted molar refractivity (Wildman–Crippen MR) is 108 cm³/mol. The lowest BCUT2D eigenvalue weighted by molar-refractivity contribution is -0.133. The maximum absolute atomic E-state index is 13.2. The van der Waals surface area contributed by atoms with Gasteiger partial charge in [0.2, 0.25) is 5.91 Å². The van der Waals surface area contributed by atoms with Crippen LogP contribution in [0, 0.1) is 0 Å². The highest BCUT2D eigenvalue weighted by Crippen LogP contribution is 2.24. The summed E-state index contributed by atoms with van der Waals surface area (Å²) in [6, 6.07) is 17.5. The molecule has 1 fully saturated rings. The quantitative estimate of drug-likeness (QED) is 0.689. The van der Waals surface area contributed by atoms with Gasteiger partial charge >= 0.3 is 0 Å². The molecule has 1 aromatic heterocycles. The largest absolute Gasteiger partial charge is 0.463 e. The van der Waals surface area contributed by atoms with Gasteiger partial charge in [0.25, 0.3) is 5.91 Å². The fourth-order valence-electron chi connectivity index (χ4n) is 3.87. The van der Waals surface area contributed by atoms with Crippen molar-refractivity contribution in [1.82, 2.24) is 9.80 Å². The normalized spacial score (nSPS) is 17.8. The average molecular weight is 376 g/mol. The zero-order valence-electron chi connectivity index (χ0n) is 16.0. The van der Waals surface area contributed by atoms with Crippen molar-refractivity contribution in [1.29, 1.82) is 0 Å². The molecule has 5 heteroatoms. The fourth-order valence-corrected chi connectivity index (χ4v) is 3.87. The van der Waals surface area contributed by atoms with Crippen molar-refractivity contribution in [2.75, 3.05) is 13.1 Å². The van der Waals surface area contributed by atoms with Gasteiger partial charge in [-0.2, -0.15) is 0 Å². The minimum atomic E-state index is -0.0715. The number of hydrogen-bond donors (Lipinski definition) is 0. The molecule has 144 valence electrons. The third-order valence-corrected chi connectivity index (χ3v) is 5.45. The Kier molecular flexibility index (Phi) is 5.15. The summed E-state index contributed by atoms with van der Waals surface area (Å²) in [5, 5.41) is 0.817. The third kappa shape index (κ3) is 3.52. The zero-order valence-corrected chi connectivity index (χ0v) is 16.0. The molecule has 0 spiro atoms. The number of furan rings is 1. The van der Waals surface area contributed by atoms with E-state index in [0.29, 0.717) is 37.2 Å². The maximum atomic E-state index is 13.2. The van der Waals surface area contributed by atoms with Gasteiger partial charge in [0.05, 0.1) is 5.56 Å². The highest BCUT2D eigenvalue weighted by Gasteiger charge is 2.32. The van der Waals surface area contributed by atoms with Crippen LogP contribution < -0.4 is 0 Å². The number of benzene rings is 2. The van der Waals surface area contributed by atoms with Gasteiger partial charge in [-0.3, -0.25) is 9.59 Å². The van der Waals surface area contributed by atoms with Crippen molar-refractivity contribution in [3.8, 4) is 0 Å². The molecule has 1 atom stereocenters. The van der Waals surface area contributed by atoms with Crippen LogP contribution in [0.5, 0.6) is 0 Å². The number of rotatable bonds is 4. The van der Waals surface area contributed by atoms with Gasteiger partial charge in [0.1, 0.15) is 11.8 Å². The van der Waals surface area contributed by atoms with Crippen molar-refractivity contribution >= 4 is 22.8 Å². The Morgan fingerprint density at radius 2 is 1.86 bits per heavy atom. The first-order valence-corrected chi connectivity index (χ1v) is 9.76. The zero-order chi connectivity index (χ0) is 19.5. The molecule has 0 saturated carbocycles. The SMILES string of the molecule is CC[C@@H]1CN(C(=O)c2coc3ccccc23)CCC(=O)N1Cc1ccccc1. The molecule has 1 saturated heterocycles. The number of hydrogen-bond acceptors (Lipinski definition) is 3. The van der Waals surface area contributed by atoms with E-state index in [9.17, 15) is 9.59 Å². The van der Waals surface area contributed by atoms with Crippen LogP contribution in [0.25, 0.3) is 11.0 Å². The molecule has 2 aromatic carbocycles. The molecule has 0 aliphatic carbocycles. The first-order chi connectivity index (χ1) is 13.7. The van der Waals surface area contributed by atoms with E-state index >= 15 is 0 Å². The summed E-state index contributed by atoms with van der Waals surface area (Å²) in [5.74, 6) is 0.0285. The van der Waals surface area contributed by atoms with Crippen LogP contribution in [0.3, 0.4) is 0 Å². The van der Waals surface area contributed by atoms with Gasteiger partial charge in [-0.25, -0.2) is 0 Å². The Hall–Kier alpha value is -3.08. The molecule has 0 unspecified atom stereocenters. The summed E-state index contributed by atoms with van der Waals surface area (Å²) in [6.45, 7) is 3.61. The molecule has 0 radical (unpaired) electrons. The monoisotopic (exact) mass is 376 g/mol. The Labute approximate surface area is 164 Å². The van der Waals surface area contributed by atoms with E-state index in [4.69, 9.17) is 4.42 Å². The van der Waals surface area contributed by atoms with Crippen molar-refractivity contribution in [2.45, 2.75) is 32.4 Å². The molecular weight excluding hydrogens is 352 g/mol. The molecule has 1 aliphatic rings. The molecular formula is C23H24N2O3. The van der Waals surface area contributed by atoms with Gasteiger partial charge in [0.15, 0.2) is 0 Å². The van der Waals surface area contributed by atoms with Gasteiger partial charge in [-0.05, 0) is 18.1 Å². The summed E-state index contributed by atoms with van der Waals surface area (Å²) in [7, 11) is 0. The smallest absolute Gasteiger partial charge is 0.257 e. The van der Waals surface area contributed by atoms with Crippen molar-refractivity contribution < 1.29 is 14.0 Å². The predicted octanol–water partition coefficient (Wildman–Crippen LogP) is 4.09. The van der Waals surface area contributed by atoms with E-state index in [1.807, 2.05) is 59.5 Å². The fraction of sp³-hybridized carbons (Fsp3) is 0.304. The number of fused-ring (bicyclic) bond motifs is 1. The molecule has 4 rings (SSSR count). The highest BCUT2D eigenvalue weighted by atomic mass is 16.3. The van der Waals surface area contributed by atoms with E-state index in [1.54, 1.807) is 4.90 Å². The van der Waals surface area contributed by atoms with Crippen LogP contribution in [0.2, 0.25) is 0 Å². The van der Waals surface area contributed by atoms with Crippen LogP contribution in [0.1, 0.15) is 35.7 Å². The minimum Gasteiger partial charge on any atom is -0.463 e. The van der Waals surface area contributed by atoms with Gasteiger partial charge in [0, 0.05) is 37.5 Å². The van der Waals surface area contributed by atoms with E-state index in [0.717, 1.165) is 17.4 Å². The summed E-state index contributed by atoms with van der Waals surface area (Å²) < 4.78 is 5.54. The van der Waals surface area contributed by atoms with Crippen LogP contribution in [-0.4, -0.2) is 40.7 Å². The summed E-state index contributed by atoms with van der Waals surface area (Å²) in [6.07, 6.45) is 2.67. The Morgan fingerprint density at radius 3 is 2.64 bits per heavy atom. The standard InChI is InChI=1S/C23H24N2O3/c1-2-18-15-24(23(27)20-16-28-21-11-7-6-10-19(20)21)13-12-22(26)25(18)14-17-8-4-3-5-9-17/h3-11,16,18H,2,12-15H2,1H3/t18-/m1/s1. The van der Waals surface area contributed by atoms with Crippen LogP contribution in [0.4, 0.5) is 0 Å². The first kappa shape index (κ1) is 18.3. The Balaban J connectivity index is 1.57. The van der Waals surface area contributed by atoms with Crippen LogP contribution in [0.15, 0.2) is 65.3 Å². The third-order valence-electron chi connectivity index (χ3n) is 5.45. The number of para-hydroxylation sites is 1. The van der Waals surface area contributed by atoms with E-state index < -0.39 is 0 Å². The lowest BCUT2D eigenvalue weighted by atomic mass is 10.1. The molecule has 0 N–H and O–H groups in total. The number of carbonyl (C=O) groups excluding carboxylic acids is 2. The number of carbonyl (C=O) groups is 2. The topological polar surface area (TPSA) is 53.8 Å². The molecule has 5 nitrogen and oxygen atoms in total. The summed E-state index contributed by atoms with van der Waals surface area (Å²) >= 11 is 0. The molecule has 2 heterocycles. The Morgan fingerprint density at radius 1 is 1.11 bits per heavy atom. The van der Waals surface area contributed by atoms with Gasteiger partial charge < -0.3 is 14.2 Å². The molecule has 3 aromatic rings. The van der Waals surface area contributed by atoms with Gasteiger partial charge in [-0.15, -0.1) is 0 Å². The highest BCUT2D eigenvalue weighted by molar-refractivity contribution is 6.06. The minimum absolute atomic E-state index is 0.00248. The van der Waals surface area contributed by atoms with E-state index in [-0.39, 0.29) is 17.9 Å². The van der Waals surface area contributed by atoms with Crippen molar-refractivity contribution in [3.05, 3.63) is 72.0 Å². The van der Waals surface area contributed by atoms with Gasteiger partial charge in [-0.1, -0.05) is 55.5 Å². The summed E-state index contributed by atoms with van der Waals surface area (Å²) in [4.78, 5) is 29.7. The molecule has 0 bridgehead atoms. The second-order valence-electron chi connectivity index (χ2n) is 7.22. The summed E-state index contributed by atoms with van der Waals surface area (Å²) in [5.41, 5.74) is 2.37. The molecule has 28 heavy (non-hydrogen) atoms. The lowest BCUT2D eigenvalue weighted by Crippen LogP contribution is -2.43. The number of amides is 2. The second-order valence-corrected chi connectivity index (χ2v) is 7.22. The van der Waals surface area contributed by atoms with Crippen molar-refractivity contribution in [3.63, 3.8) is 0 Å². The van der Waals surface area contributed by atoms with E-state index in [2.05, 4.69) is 6.92 Å². The van der Waals surface area contributed by atoms with Crippen LogP contribution >= 0.6 is 0 Å². The lowest BCUT2D eigenvalue weighted by Gasteiger charge is -2.31. The average Bonchev–Trinajstić information content (AvgIpc) is 3.10.